The minimum Gasteiger partial charge on any atom is -0.371 e. The molecule has 0 amide bonds. The molecule has 19 heavy (non-hydrogen) atoms. The maximum Gasteiger partial charge on any atom is 0.411 e. The van der Waals surface area contributed by atoms with Gasteiger partial charge in [0.15, 0.2) is 0 Å². The van der Waals surface area contributed by atoms with Gasteiger partial charge in [0.05, 0.1) is 6.61 Å². The van der Waals surface area contributed by atoms with Crippen molar-refractivity contribution < 1.29 is 17.9 Å². The van der Waals surface area contributed by atoms with Gasteiger partial charge in [0.2, 0.25) is 0 Å². The molecule has 1 aliphatic rings. The number of alkyl halides is 3. The fraction of sp³-hybridized carbons (Fsp3) is 0.538. The van der Waals surface area contributed by atoms with Crippen LogP contribution in [-0.2, 0) is 10.5 Å². The highest BCUT2D eigenvalue weighted by Crippen LogP contribution is 2.31. The van der Waals surface area contributed by atoms with Gasteiger partial charge in [-0.15, -0.1) is 0 Å². The minimum atomic E-state index is -4.24. The average molecular weight is 291 g/mol. The zero-order chi connectivity index (χ0) is 13.7. The number of hydrogen-bond acceptors (Lipinski definition) is 3. The first-order chi connectivity index (χ1) is 9.06. The molecule has 0 bridgehead atoms. The van der Waals surface area contributed by atoms with Crippen LogP contribution in [0.1, 0.15) is 17.2 Å². The molecule has 1 aliphatic heterocycles. The van der Waals surface area contributed by atoms with Crippen molar-refractivity contribution >= 4 is 11.8 Å². The third-order valence-corrected chi connectivity index (χ3v) is 3.96. The first-order valence-electron chi connectivity index (χ1n) is 6.10. The van der Waals surface area contributed by atoms with E-state index < -0.39 is 12.8 Å². The van der Waals surface area contributed by atoms with Crippen molar-refractivity contribution in [3.63, 3.8) is 0 Å². The lowest BCUT2D eigenvalue weighted by Crippen LogP contribution is -2.30. The van der Waals surface area contributed by atoms with Crippen LogP contribution in [0.5, 0.6) is 0 Å². The first kappa shape index (κ1) is 14.7. The molecule has 1 aromatic carbocycles. The quantitative estimate of drug-likeness (QED) is 0.842. The van der Waals surface area contributed by atoms with E-state index in [-0.39, 0.29) is 12.6 Å². The van der Waals surface area contributed by atoms with Gasteiger partial charge in [-0.1, -0.05) is 24.3 Å². The van der Waals surface area contributed by atoms with Gasteiger partial charge in [-0.05, 0) is 11.1 Å². The molecule has 0 saturated carbocycles. The number of ether oxygens (including phenoxy) is 1. The minimum absolute atomic E-state index is 0.0723. The molecular formula is C13H16F3NOS. The van der Waals surface area contributed by atoms with E-state index in [0.717, 1.165) is 11.5 Å². The summed E-state index contributed by atoms with van der Waals surface area (Å²) in [4.78, 5) is 0. The van der Waals surface area contributed by atoms with Crippen LogP contribution in [0, 0.1) is 0 Å². The van der Waals surface area contributed by atoms with Gasteiger partial charge >= 0.3 is 6.18 Å². The standard InChI is InChI=1S/C13H16F3NOS/c14-13(15,16)9-18-6-5-17-12-8-19-7-10-3-1-2-4-11(10)12/h1-4,12,17H,5-9H2. The van der Waals surface area contributed by atoms with Crippen molar-refractivity contribution in [1.29, 1.82) is 0 Å². The van der Waals surface area contributed by atoms with Crippen LogP contribution in [0.4, 0.5) is 13.2 Å². The molecule has 6 heteroatoms. The molecule has 1 aromatic rings. The average Bonchev–Trinajstić information content (AvgIpc) is 2.37. The largest absolute Gasteiger partial charge is 0.411 e. The van der Waals surface area contributed by atoms with E-state index in [4.69, 9.17) is 0 Å². The van der Waals surface area contributed by atoms with E-state index in [1.807, 2.05) is 23.9 Å². The lowest BCUT2D eigenvalue weighted by atomic mass is 10.0. The van der Waals surface area contributed by atoms with Gasteiger partial charge < -0.3 is 10.1 Å². The summed E-state index contributed by atoms with van der Waals surface area (Å²) in [5.41, 5.74) is 2.55. The Bertz CT molecular complexity index is 411. The molecule has 1 heterocycles. The summed E-state index contributed by atoms with van der Waals surface area (Å²) in [7, 11) is 0. The van der Waals surface area contributed by atoms with Crippen molar-refractivity contribution in [3.8, 4) is 0 Å². The van der Waals surface area contributed by atoms with Crippen molar-refractivity contribution in [3.05, 3.63) is 35.4 Å². The van der Waals surface area contributed by atoms with Crippen LogP contribution in [0.2, 0.25) is 0 Å². The normalized spacial score (nSPS) is 19.2. The zero-order valence-corrected chi connectivity index (χ0v) is 11.2. The maximum absolute atomic E-state index is 11.9. The van der Waals surface area contributed by atoms with E-state index in [0.29, 0.717) is 6.54 Å². The molecule has 2 rings (SSSR count). The molecule has 106 valence electrons. The van der Waals surface area contributed by atoms with Gasteiger partial charge in [-0.3, -0.25) is 0 Å². The van der Waals surface area contributed by atoms with Crippen LogP contribution in [-0.4, -0.2) is 31.7 Å². The van der Waals surface area contributed by atoms with Gasteiger partial charge in [-0.25, -0.2) is 0 Å². The van der Waals surface area contributed by atoms with Crippen molar-refractivity contribution in [2.45, 2.75) is 18.0 Å². The Kier molecular flexibility index (Phi) is 5.13. The molecule has 0 saturated heterocycles. The van der Waals surface area contributed by atoms with E-state index in [9.17, 15) is 13.2 Å². The summed E-state index contributed by atoms with van der Waals surface area (Å²) in [5, 5.41) is 3.25. The summed E-state index contributed by atoms with van der Waals surface area (Å²) < 4.78 is 40.2. The summed E-state index contributed by atoms with van der Waals surface area (Å²) in [6.07, 6.45) is -4.24. The van der Waals surface area contributed by atoms with Crippen LogP contribution in [0.3, 0.4) is 0 Å². The topological polar surface area (TPSA) is 21.3 Å². The molecule has 2 nitrogen and oxygen atoms in total. The Labute approximate surface area is 114 Å². The molecule has 0 aromatic heterocycles. The molecule has 1 unspecified atom stereocenters. The van der Waals surface area contributed by atoms with Crippen molar-refractivity contribution in [1.82, 2.24) is 5.32 Å². The first-order valence-corrected chi connectivity index (χ1v) is 7.25. The van der Waals surface area contributed by atoms with Gasteiger partial charge in [0.25, 0.3) is 0 Å². The van der Waals surface area contributed by atoms with E-state index in [1.165, 1.54) is 11.1 Å². The van der Waals surface area contributed by atoms with E-state index in [1.54, 1.807) is 0 Å². The number of benzene rings is 1. The summed E-state index contributed by atoms with van der Waals surface area (Å²) >= 11 is 1.83. The highest BCUT2D eigenvalue weighted by Gasteiger charge is 2.27. The third-order valence-electron chi connectivity index (χ3n) is 2.88. The summed E-state index contributed by atoms with van der Waals surface area (Å²) in [5.74, 6) is 1.94. The highest BCUT2D eigenvalue weighted by atomic mass is 32.2. The second kappa shape index (κ2) is 6.63. The Hall–Kier alpha value is -0.720. The fourth-order valence-electron chi connectivity index (χ4n) is 2.04. The predicted molar refractivity (Wildman–Crippen MR) is 70.2 cm³/mol. The predicted octanol–water partition coefficient (Wildman–Crippen LogP) is 3.14. The number of halogens is 3. The van der Waals surface area contributed by atoms with Crippen LogP contribution < -0.4 is 5.32 Å². The molecule has 0 aliphatic carbocycles. The summed E-state index contributed by atoms with van der Waals surface area (Å²) in [6.45, 7) is -0.677. The summed E-state index contributed by atoms with van der Waals surface area (Å²) in [6, 6.07) is 8.36. The van der Waals surface area contributed by atoms with Gasteiger partial charge in [0, 0.05) is 24.1 Å². The Morgan fingerprint density at radius 2 is 2.11 bits per heavy atom. The van der Waals surface area contributed by atoms with E-state index >= 15 is 0 Å². The molecule has 1 atom stereocenters. The number of rotatable bonds is 5. The van der Waals surface area contributed by atoms with Gasteiger partial charge in [-0.2, -0.15) is 24.9 Å². The maximum atomic E-state index is 11.9. The van der Waals surface area contributed by atoms with Gasteiger partial charge in [0.1, 0.15) is 6.61 Å². The molecule has 0 radical (unpaired) electrons. The third kappa shape index (κ3) is 4.71. The zero-order valence-electron chi connectivity index (χ0n) is 10.4. The second-order valence-corrected chi connectivity index (χ2v) is 5.42. The number of fused-ring (bicyclic) bond motifs is 1. The molecular weight excluding hydrogens is 275 g/mol. The molecule has 0 fully saturated rings. The van der Waals surface area contributed by atoms with E-state index in [2.05, 4.69) is 22.2 Å². The fourth-order valence-corrected chi connectivity index (χ4v) is 3.18. The lowest BCUT2D eigenvalue weighted by Gasteiger charge is -2.26. The van der Waals surface area contributed by atoms with Crippen LogP contribution in [0.15, 0.2) is 24.3 Å². The van der Waals surface area contributed by atoms with Crippen molar-refractivity contribution in [2.75, 3.05) is 25.5 Å². The van der Waals surface area contributed by atoms with Crippen LogP contribution in [0.25, 0.3) is 0 Å². The molecule has 1 N–H and O–H groups in total. The highest BCUT2D eigenvalue weighted by molar-refractivity contribution is 7.98. The Morgan fingerprint density at radius 1 is 1.32 bits per heavy atom. The smallest absolute Gasteiger partial charge is 0.371 e. The number of thioether (sulfide) groups is 1. The Morgan fingerprint density at radius 3 is 2.89 bits per heavy atom. The SMILES string of the molecule is FC(F)(F)COCCNC1CSCc2ccccc21. The molecule has 0 spiro atoms. The Balaban J connectivity index is 1.75. The lowest BCUT2D eigenvalue weighted by molar-refractivity contribution is -0.173. The monoisotopic (exact) mass is 291 g/mol. The van der Waals surface area contributed by atoms with Crippen molar-refractivity contribution in [2.24, 2.45) is 0 Å². The number of hydrogen-bond donors (Lipinski definition) is 1. The van der Waals surface area contributed by atoms with Crippen LogP contribution >= 0.6 is 11.8 Å². The number of nitrogens with one attached hydrogen (secondary N) is 1. The second-order valence-electron chi connectivity index (χ2n) is 4.39.